The zero-order chi connectivity index (χ0) is 33.6. The molecule has 3 amide bonds. The molecule has 0 spiro atoms. The highest BCUT2D eigenvalue weighted by atomic mass is 35.5. The van der Waals surface area contributed by atoms with Crippen molar-refractivity contribution >= 4 is 45.7 Å². The normalized spacial score (nSPS) is 16.3. The summed E-state index contributed by atoms with van der Waals surface area (Å²) < 4.78 is 59.2. The Morgan fingerprint density at radius 2 is 1.73 bits per heavy atom. The van der Waals surface area contributed by atoms with Crippen molar-refractivity contribution in [2.24, 2.45) is 5.73 Å². The molecular weight excluding hydrogens is 666 g/mol. The number of aromatic nitrogens is 1. The summed E-state index contributed by atoms with van der Waals surface area (Å²) in [5.74, 6) is -2.32. The third-order valence-corrected chi connectivity index (χ3v) is 8.23. The van der Waals surface area contributed by atoms with Crippen molar-refractivity contribution in [3.63, 3.8) is 0 Å². The summed E-state index contributed by atoms with van der Waals surface area (Å²) in [7, 11) is -3.38. The number of anilines is 2. The van der Waals surface area contributed by atoms with Gasteiger partial charge >= 0.3 is 6.03 Å². The van der Waals surface area contributed by atoms with E-state index in [1.54, 1.807) is 36.5 Å². The van der Waals surface area contributed by atoms with E-state index in [0.29, 0.717) is 49.3 Å². The number of hydrogen-bond acceptors (Lipinski definition) is 7. The number of pyridine rings is 1. The van der Waals surface area contributed by atoms with E-state index in [1.807, 2.05) is 36.4 Å². The van der Waals surface area contributed by atoms with Gasteiger partial charge in [0, 0.05) is 49.2 Å². The summed E-state index contributed by atoms with van der Waals surface area (Å²) in [4.78, 5) is 31.1. The maximum Gasteiger partial charge on any atom is 0.319 e. The predicted molar refractivity (Wildman–Crippen MR) is 181 cm³/mol. The molecule has 0 aliphatic carbocycles. The zero-order valence-corrected chi connectivity index (χ0v) is 27.5. The fourth-order valence-electron chi connectivity index (χ4n) is 5.44. The quantitative estimate of drug-likeness (QED) is 0.162. The summed E-state index contributed by atoms with van der Waals surface area (Å²) in [6, 6.07) is 20.7. The number of sulfonamides is 1. The highest BCUT2D eigenvalue weighted by molar-refractivity contribution is 7.92. The van der Waals surface area contributed by atoms with Crippen LogP contribution in [0.1, 0.15) is 34.3 Å². The van der Waals surface area contributed by atoms with Crippen LogP contribution in [0.15, 0.2) is 85.1 Å². The topological polar surface area (TPSA) is 156 Å². The molecule has 3 aromatic carbocycles. The zero-order valence-electron chi connectivity index (χ0n) is 25.9. The first-order valence-corrected chi connectivity index (χ1v) is 16.7. The highest BCUT2D eigenvalue weighted by Crippen LogP contribution is 2.26. The van der Waals surface area contributed by atoms with Gasteiger partial charge in [0.2, 0.25) is 15.9 Å². The summed E-state index contributed by atoms with van der Waals surface area (Å²) >= 11 is 0. The lowest BCUT2D eigenvalue weighted by Crippen LogP contribution is -2.51. The number of nitrogens with one attached hydrogen (secondary N) is 3. The molecule has 0 saturated carbocycles. The number of carbonyl (C=O) groups is 2. The molecule has 0 radical (unpaired) electrons. The van der Waals surface area contributed by atoms with Crippen LogP contribution in [0.2, 0.25) is 0 Å². The van der Waals surface area contributed by atoms with E-state index in [-0.39, 0.29) is 30.2 Å². The van der Waals surface area contributed by atoms with Crippen molar-refractivity contribution in [2.75, 3.05) is 22.8 Å². The van der Waals surface area contributed by atoms with E-state index in [4.69, 9.17) is 10.5 Å². The minimum absolute atomic E-state index is 0. The molecule has 4 aromatic rings. The van der Waals surface area contributed by atoms with E-state index in [1.165, 1.54) is 0 Å². The summed E-state index contributed by atoms with van der Waals surface area (Å²) in [5, 5.41) is 5.26. The molecule has 1 aliphatic rings. The minimum Gasteiger partial charge on any atom is -0.439 e. The van der Waals surface area contributed by atoms with Gasteiger partial charge in [-0.05, 0) is 60.7 Å². The molecule has 0 bridgehead atoms. The average Bonchev–Trinajstić information content (AvgIpc) is 3.01. The molecule has 5 rings (SSSR count). The number of carbonyl (C=O) groups excluding carboxylic acids is 2. The molecule has 1 saturated heterocycles. The highest BCUT2D eigenvalue weighted by Gasteiger charge is 2.30. The van der Waals surface area contributed by atoms with Crippen molar-refractivity contribution in [3.8, 4) is 11.6 Å². The van der Waals surface area contributed by atoms with Gasteiger partial charge in [0.05, 0.1) is 17.5 Å². The van der Waals surface area contributed by atoms with Crippen molar-refractivity contribution in [2.45, 2.75) is 37.9 Å². The number of likely N-dealkylation sites (tertiary alicyclic amines) is 1. The Kier molecular flexibility index (Phi) is 11.9. The van der Waals surface area contributed by atoms with Gasteiger partial charge in [-0.2, -0.15) is 0 Å². The molecule has 2 atom stereocenters. The summed E-state index contributed by atoms with van der Waals surface area (Å²) in [6.07, 6.45) is 4.78. The number of amides is 3. The lowest BCUT2D eigenvalue weighted by atomic mass is 9.91. The second kappa shape index (κ2) is 15.9. The first-order chi connectivity index (χ1) is 22.4. The molecule has 15 heteroatoms. The van der Waals surface area contributed by atoms with E-state index < -0.39 is 39.2 Å². The molecule has 2 heterocycles. The number of halogens is 3. The predicted octanol–water partition coefficient (Wildman–Crippen LogP) is 5.44. The van der Waals surface area contributed by atoms with Crippen LogP contribution in [0, 0.1) is 11.6 Å². The van der Waals surface area contributed by atoms with E-state index in [9.17, 15) is 26.8 Å². The number of urea groups is 1. The van der Waals surface area contributed by atoms with Crippen molar-refractivity contribution in [3.05, 3.63) is 113 Å². The van der Waals surface area contributed by atoms with E-state index >= 15 is 0 Å². The molecule has 1 aromatic heterocycles. The van der Waals surface area contributed by atoms with Crippen molar-refractivity contribution in [1.29, 1.82) is 0 Å². The number of hydrogen-bond donors (Lipinski definition) is 4. The maximum atomic E-state index is 14.3. The Labute approximate surface area is 283 Å². The van der Waals surface area contributed by atoms with Crippen LogP contribution in [-0.4, -0.2) is 55.1 Å². The smallest absolute Gasteiger partial charge is 0.319 e. The SMILES string of the molecule is CS(=O)(=O)Nc1ccc(Oc2ccc(CN3CCC(NC(=O)Nc4cc(C(N)=O)c(F)cc4F)CC3Cc3ccccc3)cn2)cc1.Cl. The Bertz CT molecular complexity index is 1830. The fourth-order valence-corrected chi connectivity index (χ4v) is 6.00. The van der Waals surface area contributed by atoms with Gasteiger partial charge in [-0.3, -0.25) is 14.4 Å². The lowest BCUT2D eigenvalue weighted by molar-refractivity contribution is 0.0996. The van der Waals surface area contributed by atoms with Crippen molar-refractivity contribution in [1.82, 2.24) is 15.2 Å². The Hall–Kier alpha value is -4.79. The van der Waals surface area contributed by atoms with Gasteiger partial charge in [0.1, 0.15) is 17.4 Å². The minimum atomic E-state index is -3.38. The number of piperidine rings is 1. The van der Waals surface area contributed by atoms with Crippen LogP contribution in [-0.2, 0) is 23.0 Å². The molecule has 5 N–H and O–H groups in total. The van der Waals surface area contributed by atoms with Gasteiger partial charge < -0.3 is 21.1 Å². The van der Waals surface area contributed by atoms with Crippen LogP contribution in [0.3, 0.4) is 0 Å². The van der Waals surface area contributed by atoms with Gasteiger partial charge in [-0.15, -0.1) is 12.4 Å². The van der Waals surface area contributed by atoms with E-state index in [0.717, 1.165) is 29.9 Å². The number of ether oxygens (including phenoxy) is 1. The van der Waals surface area contributed by atoms with Crippen LogP contribution < -0.4 is 25.8 Å². The lowest BCUT2D eigenvalue weighted by Gasteiger charge is -2.40. The van der Waals surface area contributed by atoms with E-state index in [2.05, 4.69) is 25.2 Å². The van der Waals surface area contributed by atoms with Crippen LogP contribution in [0.4, 0.5) is 25.0 Å². The molecule has 48 heavy (non-hydrogen) atoms. The fraction of sp³-hybridized carbons (Fsp3) is 0.242. The monoisotopic (exact) mass is 700 g/mol. The second-order valence-electron chi connectivity index (χ2n) is 11.3. The van der Waals surface area contributed by atoms with Gasteiger partial charge in [-0.25, -0.2) is 27.0 Å². The second-order valence-corrected chi connectivity index (χ2v) is 13.1. The first kappa shape index (κ1) is 36.1. The number of nitrogens with two attached hydrogens (primary N) is 1. The van der Waals surface area contributed by atoms with Crippen LogP contribution in [0.5, 0.6) is 11.6 Å². The summed E-state index contributed by atoms with van der Waals surface area (Å²) in [5.41, 5.74) is 6.81. The molecule has 254 valence electrons. The molecule has 1 fully saturated rings. The molecule has 11 nitrogen and oxygen atoms in total. The third kappa shape index (κ3) is 10.1. The largest absolute Gasteiger partial charge is 0.439 e. The molecule has 2 unspecified atom stereocenters. The third-order valence-electron chi connectivity index (χ3n) is 7.62. The van der Waals surface area contributed by atoms with Gasteiger partial charge in [-0.1, -0.05) is 36.4 Å². The average molecular weight is 701 g/mol. The van der Waals surface area contributed by atoms with Gasteiger partial charge in [0.25, 0.3) is 5.91 Å². The van der Waals surface area contributed by atoms with Crippen LogP contribution >= 0.6 is 12.4 Å². The Balaban J connectivity index is 0.00000520. The summed E-state index contributed by atoms with van der Waals surface area (Å²) in [6.45, 7) is 1.26. The number of primary amides is 1. The molecular formula is C33H35ClF2N6O5S. The van der Waals surface area contributed by atoms with Gasteiger partial charge in [0.15, 0.2) is 0 Å². The van der Waals surface area contributed by atoms with Crippen LogP contribution in [0.25, 0.3) is 0 Å². The number of nitrogens with zero attached hydrogens (tertiary/aromatic N) is 2. The maximum absolute atomic E-state index is 14.3. The number of rotatable bonds is 11. The Morgan fingerprint density at radius 3 is 2.38 bits per heavy atom. The standard InChI is InChI=1S/C33H34F2N6O5S.ClH/c1-47(44,45)40-23-8-10-26(11-9-23)46-31-12-7-22(19-37-31)20-41-14-13-24(16-25(41)15-21-5-3-2-4-6-21)38-33(43)39-30-17-27(32(36)42)28(34)18-29(30)35;/h2-12,17-19,24-25,40H,13-16,20H2,1H3,(H2,36,42)(H2,38,39,43);1H. The number of benzene rings is 3. The molecule has 1 aliphatic heterocycles. The first-order valence-electron chi connectivity index (χ1n) is 14.8. The van der Waals surface area contributed by atoms with Crippen molar-refractivity contribution < 1.29 is 31.5 Å². The Morgan fingerprint density at radius 1 is 1.00 bits per heavy atom.